The van der Waals surface area contributed by atoms with Crippen LogP contribution in [0.15, 0.2) is 18.2 Å². The van der Waals surface area contributed by atoms with Gasteiger partial charge >= 0.3 is 0 Å². The lowest BCUT2D eigenvalue weighted by Crippen LogP contribution is -2.56. The molecule has 0 bridgehead atoms. The van der Waals surface area contributed by atoms with E-state index in [2.05, 4.69) is 5.32 Å². The number of aryl methyl sites for hydroxylation is 1. The smallest absolute Gasteiger partial charge is 0.246 e. The van der Waals surface area contributed by atoms with Gasteiger partial charge in [-0.3, -0.25) is 14.5 Å². The lowest BCUT2D eigenvalue weighted by atomic mass is 9.96. The van der Waals surface area contributed by atoms with E-state index in [0.717, 1.165) is 31.2 Å². The second-order valence-electron chi connectivity index (χ2n) is 6.91. The maximum Gasteiger partial charge on any atom is 0.246 e. The third kappa shape index (κ3) is 2.97. The van der Waals surface area contributed by atoms with Gasteiger partial charge in [-0.2, -0.15) is 0 Å². The molecule has 124 valence electrons. The Morgan fingerprint density at radius 1 is 1.35 bits per heavy atom. The van der Waals surface area contributed by atoms with Gasteiger partial charge in [-0.25, -0.2) is 0 Å². The number of nitrogens with one attached hydrogen (secondary N) is 1. The molecule has 1 aliphatic carbocycles. The molecule has 0 aromatic heterocycles. The molecule has 1 heterocycles. The molecule has 23 heavy (non-hydrogen) atoms. The molecule has 2 fully saturated rings. The lowest BCUT2D eigenvalue weighted by molar-refractivity contribution is -0.127. The van der Waals surface area contributed by atoms with Crippen molar-refractivity contribution in [2.75, 3.05) is 4.90 Å². The largest absolute Gasteiger partial charge is 0.351 e. The van der Waals surface area contributed by atoms with E-state index < -0.39 is 5.54 Å². The van der Waals surface area contributed by atoms with Crippen molar-refractivity contribution in [2.45, 2.75) is 64.0 Å². The Kier molecular flexibility index (Phi) is 4.37. The van der Waals surface area contributed by atoms with Crippen molar-refractivity contribution in [1.82, 2.24) is 5.32 Å². The van der Waals surface area contributed by atoms with E-state index in [1.54, 1.807) is 4.90 Å². The zero-order valence-electron chi connectivity index (χ0n) is 13.7. The number of nitrogens with zero attached hydrogens (tertiary/aromatic N) is 1. The van der Waals surface area contributed by atoms with Crippen LogP contribution in [0.5, 0.6) is 0 Å². The highest BCUT2D eigenvalue weighted by molar-refractivity contribution is 6.34. The predicted octanol–water partition coefficient (Wildman–Crippen LogP) is 3.59. The fourth-order valence-electron chi connectivity index (χ4n) is 3.67. The molecule has 2 aliphatic rings. The van der Waals surface area contributed by atoms with Crippen LogP contribution in [0.3, 0.4) is 0 Å². The topological polar surface area (TPSA) is 49.4 Å². The van der Waals surface area contributed by atoms with Crippen molar-refractivity contribution in [3.63, 3.8) is 0 Å². The average Bonchev–Trinajstić information content (AvgIpc) is 3.10. The number of benzene rings is 1. The summed E-state index contributed by atoms with van der Waals surface area (Å²) in [5.74, 6) is -0.105. The summed E-state index contributed by atoms with van der Waals surface area (Å²) in [6.45, 7) is 3.80. The Bertz CT molecular complexity index is 640. The molecule has 1 saturated heterocycles. The Morgan fingerprint density at radius 2 is 2.04 bits per heavy atom. The number of hydrogen-bond donors (Lipinski definition) is 1. The van der Waals surface area contributed by atoms with Gasteiger partial charge in [0.25, 0.3) is 0 Å². The van der Waals surface area contributed by atoms with Crippen LogP contribution < -0.4 is 10.2 Å². The number of halogens is 1. The van der Waals surface area contributed by atoms with Crippen LogP contribution in [-0.4, -0.2) is 23.4 Å². The Hall–Kier alpha value is -1.55. The van der Waals surface area contributed by atoms with E-state index in [9.17, 15) is 9.59 Å². The Balaban J connectivity index is 1.89. The number of carbonyl (C=O) groups is 2. The van der Waals surface area contributed by atoms with Gasteiger partial charge in [-0.15, -0.1) is 0 Å². The fourth-order valence-corrected chi connectivity index (χ4v) is 3.99. The number of hydrogen-bond acceptors (Lipinski definition) is 2. The third-order valence-electron chi connectivity index (χ3n) is 5.09. The van der Waals surface area contributed by atoms with Crippen LogP contribution >= 0.6 is 11.6 Å². The lowest BCUT2D eigenvalue weighted by Gasteiger charge is -2.35. The van der Waals surface area contributed by atoms with E-state index in [4.69, 9.17) is 11.6 Å². The molecule has 5 heteroatoms. The summed E-state index contributed by atoms with van der Waals surface area (Å²) in [5.41, 5.74) is 0.796. The second-order valence-corrected chi connectivity index (χ2v) is 7.32. The number of carbonyl (C=O) groups excluding carboxylic acids is 2. The van der Waals surface area contributed by atoms with Gasteiger partial charge in [-0.1, -0.05) is 30.5 Å². The summed E-state index contributed by atoms with van der Waals surface area (Å²) in [6, 6.07) is 5.83. The van der Waals surface area contributed by atoms with E-state index in [-0.39, 0.29) is 17.9 Å². The van der Waals surface area contributed by atoms with Crippen molar-refractivity contribution in [2.24, 2.45) is 0 Å². The minimum atomic E-state index is -0.863. The summed E-state index contributed by atoms with van der Waals surface area (Å²) < 4.78 is 0. The molecular weight excluding hydrogens is 312 g/mol. The van der Waals surface area contributed by atoms with E-state index in [0.29, 0.717) is 23.6 Å². The van der Waals surface area contributed by atoms with Crippen molar-refractivity contribution < 1.29 is 9.59 Å². The minimum Gasteiger partial charge on any atom is -0.351 e. The Morgan fingerprint density at radius 3 is 2.70 bits per heavy atom. The molecule has 1 N–H and O–H groups in total. The zero-order chi connectivity index (χ0) is 16.6. The van der Waals surface area contributed by atoms with Crippen LogP contribution in [0, 0.1) is 6.92 Å². The summed E-state index contributed by atoms with van der Waals surface area (Å²) >= 11 is 6.35. The van der Waals surface area contributed by atoms with Crippen LogP contribution in [-0.2, 0) is 9.59 Å². The zero-order valence-corrected chi connectivity index (χ0v) is 14.4. The maximum atomic E-state index is 12.9. The number of amides is 2. The highest BCUT2D eigenvalue weighted by Gasteiger charge is 2.49. The molecule has 0 radical (unpaired) electrons. The molecule has 1 aromatic carbocycles. The van der Waals surface area contributed by atoms with Gasteiger partial charge in [0.2, 0.25) is 11.8 Å². The summed E-state index contributed by atoms with van der Waals surface area (Å²) in [7, 11) is 0. The second kappa shape index (κ2) is 6.16. The van der Waals surface area contributed by atoms with Crippen molar-refractivity contribution >= 4 is 29.1 Å². The first-order chi connectivity index (χ1) is 10.9. The SMILES string of the molecule is Cc1ccc(N2C(=O)CCC2(C)C(=O)NC2CCCC2)c(Cl)c1. The molecule has 3 rings (SSSR count). The van der Waals surface area contributed by atoms with E-state index >= 15 is 0 Å². The monoisotopic (exact) mass is 334 g/mol. The first-order valence-electron chi connectivity index (χ1n) is 8.32. The molecular formula is C18H23ClN2O2. The van der Waals surface area contributed by atoms with Gasteiger partial charge < -0.3 is 5.32 Å². The molecule has 4 nitrogen and oxygen atoms in total. The molecule has 1 unspecified atom stereocenters. The molecule has 1 aliphatic heterocycles. The first kappa shape index (κ1) is 16.3. The van der Waals surface area contributed by atoms with E-state index in [1.165, 1.54) is 0 Å². The van der Waals surface area contributed by atoms with Gasteiger partial charge in [0, 0.05) is 12.5 Å². The molecule has 1 saturated carbocycles. The summed E-state index contributed by atoms with van der Waals surface area (Å²) in [4.78, 5) is 26.9. The quantitative estimate of drug-likeness (QED) is 0.918. The molecule has 2 amide bonds. The van der Waals surface area contributed by atoms with Crippen LogP contribution in [0.25, 0.3) is 0 Å². The standard InChI is InChI=1S/C18H23ClN2O2/c1-12-7-8-15(14(19)11-12)21-16(22)9-10-18(21,2)17(23)20-13-5-3-4-6-13/h7-8,11,13H,3-6,9-10H2,1-2H3,(H,20,23). The predicted molar refractivity (Wildman–Crippen MR) is 91.7 cm³/mol. The van der Waals surface area contributed by atoms with Crippen LogP contribution in [0.4, 0.5) is 5.69 Å². The normalized spacial score (nSPS) is 25.2. The van der Waals surface area contributed by atoms with E-state index in [1.807, 2.05) is 32.0 Å². The van der Waals surface area contributed by atoms with Gasteiger partial charge in [-0.05, 0) is 50.8 Å². The maximum absolute atomic E-state index is 12.9. The van der Waals surface area contributed by atoms with Crippen molar-refractivity contribution in [1.29, 1.82) is 0 Å². The van der Waals surface area contributed by atoms with Gasteiger partial charge in [0.1, 0.15) is 5.54 Å². The molecule has 1 atom stereocenters. The average molecular weight is 335 g/mol. The summed E-state index contributed by atoms with van der Waals surface area (Å²) in [6.07, 6.45) is 5.28. The third-order valence-corrected chi connectivity index (χ3v) is 5.39. The number of rotatable bonds is 3. The highest BCUT2D eigenvalue weighted by atomic mass is 35.5. The van der Waals surface area contributed by atoms with Gasteiger partial charge in [0.05, 0.1) is 10.7 Å². The van der Waals surface area contributed by atoms with Crippen molar-refractivity contribution in [3.8, 4) is 0 Å². The molecule has 0 spiro atoms. The number of anilines is 1. The minimum absolute atomic E-state index is 0.0418. The van der Waals surface area contributed by atoms with Crippen LogP contribution in [0.2, 0.25) is 5.02 Å². The summed E-state index contributed by atoms with van der Waals surface area (Å²) in [5, 5.41) is 3.65. The van der Waals surface area contributed by atoms with Crippen LogP contribution in [0.1, 0.15) is 51.0 Å². The first-order valence-corrected chi connectivity index (χ1v) is 8.70. The van der Waals surface area contributed by atoms with Gasteiger partial charge in [0.15, 0.2) is 0 Å². The Labute approximate surface area is 142 Å². The van der Waals surface area contributed by atoms with Crippen molar-refractivity contribution in [3.05, 3.63) is 28.8 Å². The highest BCUT2D eigenvalue weighted by Crippen LogP contribution is 2.39. The molecule has 1 aromatic rings. The fraction of sp³-hybridized carbons (Fsp3) is 0.556.